The molecular formula is C9H10FNO4S. The summed E-state index contributed by atoms with van der Waals surface area (Å²) in [5.41, 5.74) is 4.60. The highest BCUT2D eigenvalue weighted by Crippen LogP contribution is 2.27. The van der Waals surface area contributed by atoms with E-state index in [1.165, 1.54) is 0 Å². The molecule has 0 spiro atoms. The summed E-state index contributed by atoms with van der Waals surface area (Å²) in [6, 6.07) is 1.94. The van der Waals surface area contributed by atoms with Crippen LogP contribution < -0.4 is 5.73 Å². The zero-order valence-electron chi connectivity index (χ0n) is 8.40. The maximum atomic E-state index is 13.7. The third-order valence-electron chi connectivity index (χ3n) is 1.93. The first-order valence-corrected chi connectivity index (χ1v) is 6.13. The third-order valence-corrected chi connectivity index (χ3v) is 3.06. The fourth-order valence-electron chi connectivity index (χ4n) is 1.22. The van der Waals surface area contributed by atoms with Gasteiger partial charge in [0.25, 0.3) is 0 Å². The smallest absolute Gasteiger partial charge is 0.182 e. The predicted octanol–water partition coefficient (Wildman–Crippen LogP) is 0.0762. The molecule has 0 heterocycles. The largest absolute Gasteiger partial charge is 0.506 e. The van der Waals surface area contributed by atoms with Crippen LogP contribution in [0.3, 0.4) is 0 Å². The maximum absolute atomic E-state index is 13.7. The van der Waals surface area contributed by atoms with Crippen LogP contribution in [0.4, 0.5) is 4.39 Å². The molecule has 1 aromatic carbocycles. The number of hydrogen-bond donors (Lipinski definition) is 2. The Bertz CT molecular complexity index is 539. The van der Waals surface area contributed by atoms with Gasteiger partial charge in [-0.2, -0.15) is 0 Å². The van der Waals surface area contributed by atoms with Gasteiger partial charge in [0.2, 0.25) is 0 Å². The number of sulfone groups is 1. The van der Waals surface area contributed by atoms with E-state index in [2.05, 4.69) is 0 Å². The highest BCUT2D eigenvalue weighted by molar-refractivity contribution is 7.90. The first-order valence-electron chi connectivity index (χ1n) is 4.23. The summed E-state index contributed by atoms with van der Waals surface area (Å²) >= 11 is 0. The van der Waals surface area contributed by atoms with Crippen molar-refractivity contribution in [1.29, 1.82) is 0 Å². The highest BCUT2D eigenvalue weighted by atomic mass is 32.2. The molecule has 0 bridgehead atoms. The van der Waals surface area contributed by atoms with Gasteiger partial charge in [-0.1, -0.05) is 0 Å². The molecule has 0 aliphatic carbocycles. The van der Waals surface area contributed by atoms with Crippen LogP contribution >= 0.6 is 0 Å². The number of phenols is 1. The van der Waals surface area contributed by atoms with Crippen LogP contribution in [0.2, 0.25) is 0 Å². The van der Waals surface area contributed by atoms with E-state index in [1.54, 1.807) is 0 Å². The number of phenolic OH excluding ortho intramolecular Hbond substituents is 1. The second kappa shape index (κ2) is 4.18. The van der Waals surface area contributed by atoms with Crippen molar-refractivity contribution in [1.82, 2.24) is 0 Å². The van der Waals surface area contributed by atoms with Crippen molar-refractivity contribution in [3.05, 3.63) is 23.5 Å². The summed E-state index contributed by atoms with van der Waals surface area (Å²) in [5, 5.41) is 9.24. The summed E-state index contributed by atoms with van der Waals surface area (Å²) in [6.07, 6.45) is 0.738. The molecule has 1 rings (SSSR count). The number of halogens is 1. The minimum atomic E-state index is -3.95. The molecule has 0 radical (unpaired) electrons. The number of aromatic hydroxyl groups is 1. The number of ketones is 1. The van der Waals surface area contributed by atoms with Gasteiger partial charge in [0.1, 0.15) is 10.6 Å². The van der Waals surface area contributed by atoms with Crippen LogP contribution in [0, 0.1) is 5.82 Å². The van der Waals surface area contributed by atoms with E-state index in [9.17, 15) is 22.7 Å². The standard InChI is InChI=1S/C9H10FNO4S/c1-16(14,15)9-6(12)3-2-5(8(9)10)7(13)4-11/h2-3,12H,4,11H2,1H3. The van der Waals surface area contributed by atoms with Gasteiger partial charge in [0.05, 0.1) is 12.1 Å². The van der Waals surface area contributed by atoms with Gasteiger partial charge in [0, 0.05) is 6.26 Å². The van der Waals surface area contributed by atoms with Crippen LogP contribution in [0.5, 0.6) is 5.75 Å². The lowest BCUT2D eigenvalue weighted by atomic mass is 10.1. The van der Waals surface area contributed by atoms with Gasteiger partial charge >= 0.3 is 0 Å². The second-order valence-electron chi connectivity index (χ2n) is 3.17. The van der Waals surface area contributed by atoms with Gasteiger partial charge in [-0.05, 0) is 12.1 Å². The molecule has 7 heteroatoms. The summed E-state index contributed by atoms with van der Waals surface area (Å²) in [5.74, 6) is -2.73. The second-order valence-corrected chi connectivity index (χ2v) is 5.13. The Kier molecular flexibility index (Phi) is 3.30. The number of nitrogens with two attached hydrogens (primary N) is 1. The van der Waals surface area contributed by atoms with E-state index in [1.807, 2.05) is 0 Å². The highest BCUT2D eigenvalue weighted by Gasteiger charge is 2.24. The Balaban J connectivity index is 3.58. The lowest BCUT2D eigenvalue weighted by Crippen LogP contribution is -2.16. The Morgan fingerprint density at radius 1 is 1.50 bits per heavy atom. The molecule has 5 nitrogen and oxygen atoms in total. The van der Waals surface area contributed by atoms with E-state index in [0.29, 0.717) is 0 Å². The fourth-order valence-corrected chi connectivity index (χ4v) is 2.11. The zero-order valence-corrected chi connectivity index (χ0v) is 9.21. The number of benzene rings is 1. The lowest BCUT2D eigenvalue weighted by molar-refractivity contribution is 0.0997. The van der Waals surface area contributed by atoms with Crippen LogP contribution in [0.15, 0.2) is 17.0 Å². The van der Waals surface area contributed by atoms with E-state index < -0.39 is 44.2 Å². The SMILES string of the molecule is CS(=O)(=O)c1c(O)ccc(C(=O)CN)c1F. The number of carbonyl (C=O) groups excluding carboxylic acids is 1. The summed E-state index contributed by atoms with van der Waals surface area (Å²) < 4.78 is 36.0. The quantitative estimate of drug-likeness (QED) is 0.737. The number of Topliss-reactive ketones (excluding diaryl/α,β-unsaturated/α-hetero) is 1. The van der Waals surface area contributed by atoms with Gasteiger partial charge in [0.15, 0.2) is 21.4 Å². The van der Waals surface area contributed by atoms with Crippen LogP contribution in [0.1, 0.15) is 10.4 Å². The normalized spacial score (nSPS) is 11.4. The van der Waals surface area contributed by atoms with Gasteiger partial charge < -0.3 is 10.8 Å². The van der Waals surface area contributed by atoms with Crippen molar-refractivity contribution < 1.29 is 22.7 Å². The monoisotopic (exact) mass is 247 g/mol. The summed E-state index contributed by atoms with van der Waals surface area (Å²) in [6.45, 7) is -0.440. The van der Waals surface area contributed by atoms with Crippen molar-refractivity contribution in [3.63, 3.8) is 0 Å². The number of carbonyl (C=O) groups is 1. The maximum Gasteiger partial charge on any atom is 0.182 e. The molecule has 1 aromatic rings. The zero-order chi connectivity index (χ0) is 12.5. The molecule has 3 N–H and O–H groups in total. The molecule has 0 saturated heterocycles. The molecule has 0 saturated carbocycles. The van der Waals surface area contributed by atoms with Crippen molar-refractivity contribution in [3.8, 4) is 5.75 Å². The molecule has 0 unspecified atom stereocenters. The summed E-state index contributed by atoms with van der Waals surface area (Å²) in [7, 11) is -3.95. The fraction of sp³-hybridized carbons (Fsp3) is 0.222. The summed E-state index contributed by atoms with van der Waals surface area (Å²) in [4.78, 5) is 10.3. The van der Waals surface area contributed by atoms with Crippen molar-refractivity contribution in [2.45, 2.75) is 4.90 Å². The van der Waals surface area contributed by atoms with Gasteiger partial charge in [-0.3, -0.25) is 4.79 Å². The molecule has 0 amide bonds. The van der Waals surface area contributed by atoms with Crippen molar-refractivity contribution in [2.75, 3.05) is 12.8 Å². The minimum absolute atomic E-state index is 0.440. The molecule has 0 aromatic heterocycles. The molecule has 0 aliphatic heterocycles. The Labute approximate surface area is 91.6 Å². The topological polar surface area (TPSA) is 97.5 Å². The first kappa shape index (κ1) is 12.6. The Morgan fingerprint density at radius 3 is 2.50 bits per heavy atom. The van der Waals surface area contributed by atoms with E-state index in [-0.39, 0.29) is 0 Å². The van der Waals surface area contributed by atoms with Crippen LogP contribution in [-0.2, 0) is 9.84 Å². The molecule has 0 atom stereocenters. The van der Waals surface area contributed by atoms with Crippen molar-refractivity contribution >= 4 is 15.6 Å². The molecule has 16 heavy (non-hydrogen) atoms. The molecule has 0 fully saturated rings. The third kappa shape index (κ3) is 2.20. The van der Waals surface area contributed by atoms with Gasteiger partial charge in [-0.15, -0.1) is 0 Å². The van der Waals surface area contributed by atoms with E-state index in [4.69, 9.17) is 5.73 Å². The number of rotatable bonds is 3. The number of hydrogen-bond acceptors (Lipinski definition) is 5. The van der Waals surface area contributed by atoms with Gasteiger partial charge in [-0.25, -0.2) is 12.8 Å². The lowest BCUT2D eigenvalue weighted by Gasteiger charge is -2.07. The van der Waals surface area contributed by atoms with Crippen LogP contribution in [0.25, 0.3) is 0 Å². The first-order chi connectivity index (χ1) is 7.29. The molecular weight excluding hydrogens is 237 g/mol. The average molecular weight is 247 g/mol. The molecule has 88 valence electrons. The van der Waals surface area contributed by atoms with E-state index >= 15 is 0 Å². The average Bonchev–Trinajstić information content (AvgIpc) is 2.14. The van der Waals surface area contributed by atoms with E-state index in [0.717, 1.165) is 18.4 Å². The van der Waals surface area contributed by atoms with Crippen molar-refractivity contribution in [2.24, 2.45) is 5.73 Å². The minimum Gasteiger partial charge on any atom is -0.506 e. The van der Waals surface area contributed by atoms with Crippen LogP contribution in [-0.4, -0.2) is 32.1 Å². The Morgan fingerprint density at radius 2 is 2.06 bits per heavy atom. The molecule has 0 aliphatic rings. The Hall–Kier alpha value is -1.47. The predicted molar refractivity (Wildman–Crippen MR) is 54.6 cm³/mol.